The van der Waals surface area contributed by atoms with E-state index in [1.807, 2.05) is 54.6 Å². The molecule has 1 fully saturated rings. The van der Waals surface area contributed by atoms with Crippen LogP contribution < -0.4 is 21.3 Å². The van der Waals surface area contributed by atoms with Crippen molar-refractivity contribution in [3.8, 4) is 0 Å². The van der Waals surface area contributed by atoms with Gasteiger partial charge in [0.05, 0.1) is 42.7 Å². The van der Waals surface area contributed by atoms with E-state index in [2.05, 4.69) is 33.2 Å². The second kappa shape index (κ2) is 15.1. The summed E-state index contributed by atoms with van der Waals surface area (Å²) >= 11 is 0. The first kappa shape index (κ1) is 32.9. The van der Waals surface area contributed by atoms with Crippen LogP contribution in [-0.2, 0) is 19.1 Å². The number of likely N-dealkylation sites (N-methyl/N-ethyl adjacent to an activating group) is 2. The molecule has 45 heavy (non-hydrogen) atoms. The van der Waals surface area contributed by atoms with Crippen LogP contribution in [0.25, 0.3) is 11.3 Å². The zero-order chi connectivity index (χ0) is 32.5. The van der Waals surface area contributed by atoms with Crippen LogP contribution in [-0.4, -0.2) is 99.1 Å². The Hall–Kier alpha value is -5.04. The van der Waals surface area contributed by atoms with Gasteiger partial charge in [-0.1, -0.05) is 36.4 Å². The summed E-state index contributed by atoms with van der Waals surface area (Å²) in [7, 11) is 5.21. The van der Waals surface area contributed by atoms with Crippen LogP contribution in [0.1, 0.15) is 21.5 Å². The molecule has 1 saturated heterocycles. The molecular weight excluding hydrogens is 576 g/mol. The van der Waals surface area contributed by atoms with Gasteiger partial charge in [-0.05, 0) is 49.0 Å². The highest BCUT2D eigenvalue weighted by Gasteiger charge is 2.29. The molecule has 3 aromatic rings. The molecule has 0 bridgehead atoms. The number of carboxylic acids is 1. The van der Waals surface area contributed by atoms with Gasteiger partial charge in [0.2, 0.25) is 5.91 Å². The maximum Gasteiger partial charge on any atom is 0.337 e. The van der Waals surface area contributed by atoms with Gasteiger partial charge in [0.1, 0.15) is 0 Å². The van der Waals surface area contributed by atoms with Gasteiger partial charge in [-0.15, -0.1) is 0 Å². The van der Waals surface area contributed by atoms with Crippen molar-refractivity contribution >= 4 is 52.1 Å². The molecular formula is C33H38N6O6. The van der Waals surface area contributed by atoms with Crippen molar-refractivity contribution in [2.75, 3.05) is 76.0 Å². The number of carbonyl (C=O) groups is 4. The molecule has 236 valence electrons. The highest BCUT2D eigenvalue weighted by atomic mass is 16.5. The van der Waals surface area contributed by atoms with Crippen LogP contribution in [0.3, 0.4) is 0 Å². The fourth-order valence-corrected chi connectivity index (χ4v) is 4.91. The molecule has 0 unspecified atom stereocenters. The first-order valence-corrected chi connectivity index (χ1v) is 14.4. The van der Waals surface area contributed by atoms with Crippen molar-refractivity contribution in [2.24, 2.45) is 5.73 Å². The first-order valence-electron chi connectivity index (χ1n) is 14.4. The van der Waals surface area contributed by atoms with E-state index >= 15 is 0 Å². The van der Waals surface area contributed by atoms with Crippen molar-refractivity contribution in [3.63, 3.8) is 0 Å². The van der Waals surface area contributed by atoms with Crippen molar-refractivity contribution in [2.45, 2.75) is 0 Å². The number of nitrogens with zero attached hydrogens (tertiary/aromatic N) is 3. The lowest BCUT2D eigenvalue weighted by molar-refractivity contribution is -0.135. The van der Waals surface area contributed by atoms with E-state index in [0.717, 1.165) is 43.1 Å². The largest absolute Gasteiger partial charge is 0.480 e. The Morgan fingerprint density at radius 2 is 1.62 bits per heavy atom. The topological polar surface area (TPSA) is 158 Å². The first-order chi connectivity index (χ1) is 21.6. The quantitative estimate of drug-likeness (QED) is 0.220. The van der Waals surface area contributed by atoms with Gasteiger partial charge in [0.25, 0.3) is 5.91 Å². The van der Waals surface area contributed by atoms with E-state index in [4.69, 9.17) is 9.84 Å². The average Bonchev–Trinajstić information content (AvgIpc) is 3.39. The third-order valence-corrected chi connectivity index (χ3v) is 7.53. The summed E-state index contributed by atoms with van der Waals surface area (Å²) < 4.78 is 4.82. The zero-order valence-corrected chi connectivity index (χ0v) is 25.6. The fourth-order valence-electron chi connectivity index (χ4n) is 4.91. The molecule has 12 nitrogen and oxygen atoms in total. The number of nitrogens with two attached hydrogens (primary N) is 1. The van der Waals surface area contributed by atoms with E-state index in [-0.39, 0.29) is 18.4 Å². The Balaban J connectivity index is 0.000000854. The van der Waals surface area contributed by atoms with Crippen LogP contribution in [0.15, 0.2) is 72.8 Å². The lowest BCUT2D eigenvalue weighted by Gasteiger charge is -2.32. The van der Waals surface area contributed by atoms with Gasteiger partial charge >= 0.3 is 11.9 Å². The van der Waals surface area contributed by atoms with E-state index in [1.54, 1.807) is 30.1 Å². The number of methoxy groups -OCH3 is 1. The number of benzene rings is 3. The number of carbonyl (C=O) groups excluding carboxylic acids is 3. The Morgan fingerprint density at radius 3 is 2.22 bits per heavy atom. The molecule has 0 spiro atoms. The molecule has 5 N–H and O–H groups in total. The molecule has 2 aliphatic rings. The van der Waals surface area contributed by atoms with Crippen molar-refractivity contribution in [1.82, 2.24) is 9.80 Å². The number of hydrogen-bond acceptors (Lipinski definition) is 9. The SMILES string of the molecule is COC(=O)c1ccc2c(c1)NC(=O)C2=C(Nc1ccc(N(C)C(=O)CN2CCN(C)CC2)cc1)c1ccccc1.NCC(=O)O. The van der Waals surface area contributed by atoms with E-state index in [1.165, 1.54) is 7.11 Å². The van der Waals surface area contributed by atoms with E-state index < -0.39 is 11.9 Å². The summed E-state index contributed by atoms with van der Waals surface area (Å²) in [5, 5.41) is 13.9. The minimum absolute atomic E-state index is 0.0444. The number of nitrogens with one attached hydrogen (secondary N) is 2. The molecule has 0 radical (unpaired) electrons. The number of amides is 2. The molecule has 2 amide bonds. The lowest BCUT2D eigenvalue weighted by atomic mass is 9.99. The van der Waals surface area contributed by atoms with Crippen LogP contribution in [0, 0.1) is 0 Å². The fraction of sp³-hybridized carbons (Fsp3) is 0.273. The van der Waals surface area contributed by atoms with Gasteiger partial charge in [-0.3, -0.25) is 19.3 Å². The number of fused-ring (bicyclic) bond motifs is 1. The molecule has 3 aromatic carbocycles. The Labute approximate surface area is 262 Å². The molecule has 2 heterocycles. The summed E-state index contributed by atoms with van der Waals surface area (Å²) in [5.74, 6) is -1.66. The summed E-state index contributed by atoms with van der Waals surface area (Å²) in [6.07, 6.45) is 0. The van der Waals surface area contributed by atoms with Crippen LogP contribution in [0.5, 0.6) is 0 Å². The third kappa shape index (κ3) is 8.32. The number of esters is 1. The Bertz CT molecular complexity index is 1570. The Morgan fingerprint density at radius 1 is 0.978 bits per heavy atom. The standard InChI is InChI=1S/C31H33N5O4.C2H5NO2/c1-34-15-17-36(18-16-34)20-27(37)35(2)24-12-10-23(11-13-24)32-29(21-7-5-4-6-8-21)28-25-14-9-22(31(39)40-3)19-26(25)33-30(28)38;3-1-2(4)5/h4-14,19,32H,15-18,20H2,1-3H3,(H,33,38);1,3H2,(H,4,5). The summed E-state index contributed by atoms with van der Waals surface area (Å²) in [6.45, 7) is 3.81. The second-order valence-corrected chi connectivity index (χ2v) is 10.6. The minimum atomic E-state index is -0.968. The smallest absolute Gasteiger partial charge is 0.337 e. The Kier molecular flexibility index (Phi) is 11.0. The summed E-state index contributed by atoms with van der Waals surface area (Å²) in [5.41, 5.74) is 9.67. The predicted molar refractivity (Wildman–Crippen MR) is 174 cm³/mol. The van der Waals surface area contributed by atoms with E-state index in [9.17, 15) is 19.2 Å². The van der Waals surface area contributed by atoms with Crippen molar-refractivity contribution < 1.29 is 29.0 Å². The van der Waals surface area contributed by atoms with Crippen molar-refractivity contribution in [1.29, 1.82) is 0 Å². The average molecular weight is 615 g/mol. The lowest BCUT2D eigenvalue weighted by Crippen LogP contribution is -2.48. The third-order valence-electron chi connectivity index (χ3n) is 7.53. The number of ether oxygens (including phenoxy) is 1. The van der Waals surface area contributed by atoms with Gasteiger partial charge < -0.3 is 36.0 Å². The second-order valence-electron chi connectivity index (χ2n) is 10.6. The van der Waals surface area contributed by atoms with Gasteiger partial charge in [0, 0.05) is 50.2 Å². The summed E-state index contributed by atoms with van der Waals surface area (Å²) in [4.78, 5) is 53.5. The van der Waals surface area contributed by atoms with Gasteiger partial charge in [-0.2, -0.15) is 0 Å². The number of hydrogen-bond donors (Lipinski definition) is 4. The zero-order valence-electron chi connectivity index (χ0n) is 25.6. The number of carboxylic acid groups (broad SMARTS) is 1. The van der Waals surface area contributed by atoms with Gasteiger partial charge in [0.15, 0.2) is 0 Å². The monoisotopic (exact) mass is 614 g/mol. The van der Waals surface area contributed by atoms with Crippen LogP contribution in [0.4, 0.5) is 17.1 Å². The van der Waals surface area contributed by atoms with E-state index in [0.29, 0.717) is 34.6 Å². The molecule has 5 rings (SSSR count). The number of anilines is 3. The predicted octanol–water partition coefficient (Wildman–Crippen LogP) is 2.65. The highest BCUT2D eigenvalue weighted by molar-refractivity contribution is 6.37. The molecule has 0 atom stereocenters. The number of aliphatic carboxylic acids is 1. The molecule has 0 aliphatic carbocycles. The van der Waals surface area contributed by atoms with Crippen molar-refractivity contribution in [3.05, 3.63) is 89.5 Å². The normalized spacial score (nSPS) is 15.6. The minimum Gasteiger partial charge on any atom is -0.480 e. The summed E-state index contributed by atoms with van der Waals surface area (Å²) in [6, 6.07) is 22.2. The molecule has 0 aromatic heterocycles. The number of piperazine rings is 1. The van der Waals surface area contributed by atoms with Crippen LogP contribution >= 0.6 is 0 Å². The van der Waals surface area contributed by atoms with Gasteiger partial charge in [-0.25, -0.2) is 4.79 Å². The number of rotatable bonds is 8. The molecule has 0 saturated carbocycles. The maximum atomic E-state index is 13.2. The molecule has 2 aliphatic heterocycles. The van der Waals surface area contributed by atoms with Crippen LogP contribution in [0.2, 0.25) is 0 Å². The highest BCUT2D eigenvalue weighted by Crippen LogP contribution is 2.38. The maximum absolute atomic E-state index is 13.2. The molecule has 12 heteroatoms.